The van der Waals surface area contributed by atoms with Gasteiger partial charge in [0.05, 0.1) is 12.1 Å². The van der Waals surface area contributed by atoms with Crippen molar-refractivity contribution in [3.05, 3.63) is 45.4 Å². The van der Waals surface area contributed by atoms with Crippen LogP contribution in [0.4, 0.5) is 4.39 Å². The molecule has 1 aromatic heterocycles. The van der Waals surface area contributed by atoms with E-state index in [0.717, 1.165) is 25.3 Å². The molecule has 1 heterocycles. The number of carbonyl (C=O) groups excluding carboxylic acids is 2. The van der Waals surface area contributed by atoms with E-state index in [2.05, 4.69) is 5.32 Å². The summed E-state index contributed by atoms with van der Waals surface area (Å²) in [6, 6.07) is 5.85. The summed E-state index contributed by atoms with van der Waals surface area (Å²) < 4.78 is 23.9. The second-order valence-electron chi connectivity index (χ2n) is 7.64. The third-order valence-electron chi connectivity index (χ3n) is 5.44. The van der Waals surface area contributed by atoms with Gasteiger partial charge >= 0.3 is 0 Å². The van der Waals surface area contributed by atoms with Crippen LogP contribution in [0.2, 0.25) is 5.02 Å². The molecule has 0 spiro atoms. The Morgan fingerprint density at radius 3 is 2.71 bits per heavy atom. The fourth-order valence-corrected chi connectivity index (χ4v) is 5.36. The zero-order valence-corrected chi connectivity index (χ0v) is 16.8. The van der Waals surface area contributed by atoms with E-state index >= 15 is 0 Å². The summed E-state index contributed by atoms with van der Waals surface area (Å²) in [5, 5.41) is 4.85. The molecule has 1 aromatic carbocycles. The molecule has 5 nitrogen and oxygen atoms in total. The van der Waals surface area contributed by atoms with E-state index in [9.17, 15) is 14.0 Å². The molecule has 8 heteroatoms. The molecule has 0 aliphatic heterocycles. The van der Waals surface area contributed by atoms with Gasteiger partial charge in [-0.2, -0.15) is 0 Å². The first kappa shape index (κ1) is 19.2. The molecular weight excluding hydrogens is 405 g/mol. The Morgan fingerprint density at radius 2 is 2.04 bits per heavy atom. The number of ketones is 1. The normalized spacial score (nSPS) is 24.7. The van der Waals surface area contributed by atoms with E-state index in [0.29, 0.717) is 17.0 Å². The summed E-state index contributed by atoms with van der Waals surface area (Å²) in [6.45, 7) is -0.193. The SMILES string of the molecule is COc1ccsc1C(=O)CC12CC(NC(=O)COc3ccc(Cl)c(F)c3)(C1)C2. The fourth-order valence-electron chi connectivity index (χ4n) is 4.45. The highest BCUT2D eigenvalue weighted by Crippen LogP contribution is 2.69. The predicted octanol–water partition coefficient (Wildman–Crippen LogP) is 4.24. The smallest absolute Gasteiger partial charge is 0.258 e. The van der Waals surface area contributed by atoms with Gasteiger partial charge in [0.25, 0.3) is 5.91 Å². The molecule has 0 saturated heterocycles. The minimum Gasteiger partial charge on any atom is -0.495 e. The van der Waals surface area contributed by atoms with E-state index in [1.54, 1.807) is 13.2 Å². The Balaban J connectivity index is 1.24. The van der Waals surface area contributed by atoms with Gasteiger partial charge in [-0.1, -0.05) is 11.6 Å². The number of amides is 1. The number of Topliss-reactive ketones (excluding diaryl/α,β-unsaturated/α-hetero) is 1. The highest BCUT2D eigenvalue weighted by molar-refractivity contribution is 7.12. The lowest BCUT2D eigenvalue weighted by atomic mass is 9.38. The Labute approximate surface area is 170 Å². The molecule has 0 unspecified atom stereocenters. The van der Waals surface area contributed by atoms with E-state index < -0.39 is 5.82 Å². The van der Waals surface area contributed by atoms with Crippen molar-refractivity contribution in [3.8, 4) is 11.5 Å². The third kappa shape index (κ3) is 3.49. The van der Waals surface area contributed by atoms with Gasteiger partial charge in [0.15, 0.2) is 12.4 Å². The summed E-state index contributed by atoms with van der Waals surface area (Å²) in [6.07, 6.45) is 2.85. The Kier molecular flexibility index (Phi) is 4.83. The molecule has 3 aliphatic carbocycles. The summed E-state index contributed by atoms with van der Waals surface area (Å²) in [7, 11) is 1.56. The van der Waals surface area contributed by atoms with Gasteiger partial charge < -0.3 is 14.8 Å². The lowest BCUT2D eigenvalue weighted by Crippen LogP contribution is -2.75. The number of methoxy groups -OCH3 is 1. The molecular formula is C20H19ClFNO4S. The van der Waals surface area contributed by atoms with Crippen molar-refractivity contribution in [1.82, 2.24) is 5.32 Å². The average molecular weight is 424 g/mol. The van der Waals surface area contributed by atoms with Crippen LogP contribution in [0.15, 0.2) is 29.6 Å². The molecule has 2 aromatic rings. The number of carbonyl (C=O) groups is 2. The van der Waals surface area contributed by atoms with Crippen LogP contribution in [0.3, 0.4) is 0 Å². The number of thiophene rings is 1. The number of ether oxygens (including phenoxy) is 2. The quantitative estimate of drug-likeness (QED) is 0.645. The van der Waals surface area contributed by atoms with E-state index in [1.165, 1.54) is 23.5 Å². The highest BCUT2D eigenvalue weighted by Gasteiger charge is 2.68. The van der Waals surface area contributed by atoms with Crippen molar-refractivity contribution in [3.63, 3.8) is 0 Å². The van der Waals surface area contributed by atoms with Crippen LogP contribution < -0.4 is 14.8 Å². The third-order valence-corrected chi connectivity index (χ3v) is 6.69. The van der Waals surface area contributed by atoms with Crippen LogP contribution in [0.5, 0.6) is 11.5 Å². The Bertz CT molecular complexity index is 924. The Hall–Kier alpha value is -2.12. The van der Waals surface area contributed by atoms with Gasteiger partial charge in [-0.25, -0.2) is 4.39 Å². The zero-order valence-electron chi connectivity index (χ0n) is 15.2. The van der Waals surface area contributed by atoms with Crippen LogP contribution in [0.1, 0.15) is 35.4 Å². The lowest BCUT2D eigenvalue weighted by molar-refractivity contribution is -0.164. The van der Waals surface area contributed by atoms with E-state index in [4.69, 9.17) is 21.1 Å². The minimum atomic E-state index is -0.590. The summed E-state index contributed by atoms with van der Waals surface area (Å²) >= 11 is 7.02. The van der Waals surface area contributed by atoms with Crippen molar-refractivity contribution in [2.75, 3.05) is 13.7 Å². The van der Waals surface area contributed by atoms with Crippen molar-refractivity contribution in [1.29, 1.82) is 0 Å². The molecule has 3 aliphatic rings. The maximum atomic E-state index is 13.4. The van der Waals surface area contributed by atoms with Gasteiger partial charge in [-0.05, 0) is 48.3 Å². The van der Waals surface area contributed by atoms with Crippen LogP contribution >= 0.6 is 22.9 Å². The van der Waals surface area contributed by atoms with E-state index in [-0.39, 0.29) is 40.0 Å². The van der Waals surface area contributed by atoms with Crippen molar-refractivity contribution in [2.24, 2.45) is 5.41 Å². The van der Waals surface area contributed by atoms with Crippen LogP contribution in [-0.2, 0) is 4.79 Å². The van der Waals surface area contributed by atoms with Crippen LogP contribution in [0.25, 0.3) is 0 Å². The molecule has 3 fully saturated rings. The first-order valence-electron chi connectivity index (χ1n) is 8.87. The van der Waals surface area contributed by atoms with Gasteiger partial charge in [0.2, 0.25) is 0 Å². The second kappa shape index (κ2) is 7.04. The van der Waals surface area contributed by atoms with Crippen LogP contribution in [-0.4, -0.2) is 30.9 Å². The maximum absolute atomic E-state index is 13.4. The maximum Gasteiger partial charge on any atom is 0.258 e. The van der Waals surface area contributed by atoms with Gasteiger partial charge in [0, 0.05) is 18.0 Å². The zero-order chi connectivity index (χ0) is 19.9. The molecule has 1 amide bonds. The molecule has 0 radical (unpaired) electrons. The largest absolute Gasteiger partial charge is 0.495 e. The summed E-state index contributed by atoms with van der Waals surface area (Å²) in [4.78, 5) is 25.4. The van der Waals surface area contributed by atoms with Crippen LogP contribution in [0, 0.1) is 11.2 Å². The lowest BCUT2D eigenvalue weighted by Gasteiger charge is -2.70. The fraction of sp³-hybridized carbons (Fsp3) is 0.400. The molecule has 5 rings (SSSR count). The average Bonchev–Trinajstić information content (AvgIpc) is 3.08. The number of hydrogen-bond acceptors (Lipinski definition) is 5. The molecule has 1 N–H and O–H groups in total. The second-order valence-corrected chi connectivity index (χ2v) is 8.96. The molecule has 28 heavy (non-hydrogen) atoms. The number of hydrogen-bond donors (Lipinski definition) is 1. The Morgan fingerprint density at radius 1 is 1.29 bits per heavy atom. The molecule has 0 atom stereocenters. The first-order chi connectivity index (χ1) is 13.3. The van der Waals surface area contributed by atoms with Gasteiger partial charge in [-0.15, -0.1) is 11.3 Å². The summed E-state index contributed by atoms with van der Waals surface area (Å²) in [5.74, 6) is 0.129. The standard InChI is InChI=1S/C20H19ClFNO4S/c1-26-16-4-5-28-18(16)15(24)7-19-9-20(10-19,11-19)23-17(25)8-27-12-2-3-13(21)14(22)6-12/h2-6H,7-11H2,1H3,(H,23,25). The number of halogens is 2. The molecule has 3 saturated carbocycles. The number of rotatable bonds is 8. The molecule has 2 bridgehead atoms. The number of benzene rings is 1. The monoisotopic (exact) mass is 423 g/mol. The highest BCUT2D eigenvalue weighted by atomic mass is 35.5. The predicted molar refractivity (Wildman–Crippen MR) is 104 cm³/mol. The topological polar surface area (TPSA) is 64.6 Å². The number of nitrogens with one attached hydrogen (secondary N) is 1. The summed E-state index contributed by atoms with van der Waals surface area (Å²) in [5.41, 5.74) is -0.245. The van der Waals surface area contributed by atoms with E-state index in [1.807, 2.05) is 5.38 Å². The molecule has 148 valence electrons. The first-order valence-corrected chi connectivity index (χ1v) is 10.1. The van der Waals surface area contributed by atoms with Crippen molar-refractivity contribution in [2.45, 2.75) is 31.2 Å². The van der Waals surface area contributed by atoms with Gasteiger partial charge in [-0.3, -0.25) is 9.59 Å². The van der Waals surface area contributed by atoms with Crippen molar-refractivity contribution < 1.29 is 23.5 Å². The van der Waals surface area contributed by atoms with Gasteiger partial charge in [0.1, 0.15) is 22.2 Å². The van der Waals surface area contributed by atoms with Crippen molar-refractivity contribution >= 4 is 34.6 Å². The minimum absolute atomic E-state index is 0.00526.